The average molecular weight is 299 g/mol. The molecule has 0 aliphatic carbocycles. The summed E-state index contributed by atoms with van der Waals surface area (Å²) in [5, 5.41) is 0. The Morgan fingerprint density at radius 2 is 1.91 bits per heavy atom. The Labute approximate surface area is 127 Å². The van der Waals surface area contributed by atoms with Crippen molar-refractivity contribution >= 4 is 11.8 Å². The summed E-state index contributed by atoms with van der Waals surface area (Å²) in [5.74, 6) is -0.672. The Morgan fingerprint density at radius 1 is 1.09 bits per heavy atom. The second kappa shape index (κ2) is 6.55. The highest BCUT2D eigenvalue weighted by molar-refractivity contribution is 5.96. The van der Waals surface area contributed by atoms with Gasteiger partial charge in [0, 0.05) is 12.2 Å². The van der Waals surface area contributed by atoms with Crippen molar-refractivity contribution in [2.75, 3.05) is 6.61 Å². The summed E-state index contributed by atoms with van der Waals surface area (Å²) in [6.07, 6.45) is 2.24. The molecule has 6 nitrogen and oxygen atoms in total. The van der Waals surface area contributed by atoms with Crippen LogP contribution >= 0.6 is 0 Å². The van der Waals surface area contributed by atoms with Crippen molar-refractivity contribution in [1.29, 1.82) is 0 Å². The standard InChI is InChI=1S/C16H17N3O3/c20-15(12-7-4-8-17-12)10-22-16(21)14-9-13(18-19-14)11-5-2-1-3-6-11/h1-8,13-14,17-19H,9-10H2. The van der Waals surface area contributed by atoms with Crippen molar-refractivity contribution < 1.29 is 14.3 Å². The molecule has 1 aromatic heterocycles. The Hall–Kier alpha value is -2.44. The van der Waals surface area contributed by atoms with E-state index in [4.69, 9.17) is 4.74 Å². The number of Topliss-reactive ketones (excluding diaryl/α,β-unsaturated/α-hetero) is 1. The normalized spacial score (nSPS) is 20.7. The van der Waals surface area contributed by atoms with Crippen LogP contribution in [0.15, 0.2) is 48.7 Å². The molecular formula is C16H17N3O3. The highest BCUT2D eigenvalue weighted by atomic mass is 16.5. The lowest BCUT2D eigenvalue weighted by atomic mass is 10.0. The van der Waals surface area contributed by atoms with Crippen molar-refractivity contribution in [2.24, 2.45) is 0 Å². The highest BCUT2D eigenvalue weighted by Gasteiger charge is 2.31. The molecule has 0 amide bonds. The van der Waals surface area contributed by atoms with Crippen LogP contribution in [0.25, 0.3) is 0 Å². The first-order chi connectivity index (χ1) is 10.7. The molecule has 1 aromatic carbocycles. The Kier molecular flexibility index (Phi) is 4.32. The summed E-state index contributed by atoms with van der Waals surface area (Å²) in [7, 11) is 0. The Balaban J connectivity index is 1.50. The summed E-state index contributed by atoms with van der Waals surface area (Å²) in [6.45, 7) is -0.256. The van der Waals surface area contributed by atoms with E-state index in [1.807, 2.05) is 30.3 Å². The molecule has 2 aromatic rings. The molecule has 3 N–H and O–H groups in total. The smallest absolute Gasteiger partial charge is 0.325 e. The van der Waals surface area contributed by atoms with E-state index in [2.05, 4.69) is 15.8 Å². The van der Waals surface area contributed by atoms with Gasteiger partial charge in [0.15, 0.2) is 6.61 Å². The first kappa shape index (κ1) is 14.5. The van der Waals surface area contributed by atoms with Crippen LogP contribution in [0.3, 0.4) is 0 Å². The summed E-state index contributed by atoms with van der Waals surface area (Å²) in [5.41, 5.74) is 7.54. The zero-order chi connectivity index (χ0) is 15.4. The monoisotopic (exact) mass is 299 g/mol. The molecule has 1 aliphatic rings. The van der Waals surface area contributed by atoms with Gasteiger partial charge in [-0.25, -0.2) is 10.9 Å². The maximum Gasteiger partial charge on any atom is 0.325 e. The van der Waals surface area contributed by atoms with Crippen LogP contribution in [-0.2, 0) is 9.53 Å². The minimum atomic E-state index is -0.457. The number of aromatic amines is 1. The van der Waals surface area contributed by atoms with E-state index < -0.39 is 12.0 Å². The molecule has 0 radical (unpaired) electrons. The van der Waals surface area contributed by atoms with E-state index in [0.29, 0.717) is 12.1 Å². The van der Waals surface area contributed by atoms with Crippen LogP contribution in [0, 0.1) is 0 Å². The number of H-pyrrole nitrogens is 1. The van der Waals surface area contributed by atoms with Crippen molar-refractivity contribution in [3.05, 3.63) is 59.9 Å². The van der Waals surface area contributed by atoms with Crippen molar-refractivity contribution in [3.63, 3.8) is 0 Å². The van der Waals surface area contributed by atoms with Crippen LogP contribution in [0.4, 0.5) is 0 Å². The number of aromatic nitrogens is 1. The number of hydrogen-bond donors (Lipinski definition) is 3. The molecule has 1 saturated heterocycles. The summed E-state index contributed by atoms with van der Waals surface area (Å²) >= 11 is 0. The average Bonchev–Trinajstić information content (AvgIpc) is 3.24. The molecule has 6 heteroatoms. The van der Waals surface area contributed by atoms with Crippen LogP contribution in [0.2, 0.25) is 0 Å². The Bertz CT molecular complexity index is 640. The zero-order valence-electron chi connectivity index (χ0n) is 11.9. The van der Waals surface area contributed by atoms with Crippen LogP contribution < -0.4 is 10.9 Å². The maximum absolute atomic E-state index is 12.0. The van der Waals surface area contributed by atoms with Crippen LogP contribution in [0.5, 0.6) is 0 Å². The van der Waals surface area contributed by atoms with E-state index in [1.54, 1.807) is 18.3 Å². The Morgan fingerprint density at radius 3 is 2.64 bits per heavy atom. The van der Waals surface area contributed by atoms with E-state index in [1.165, 1.54) is 0 Å². The quantitative estimate of drug-likeness (QED) is 0.573. The molecule has 2 atom stereocenters. The third-order valence-electron chi connectivity index (χ3n) is 3.63. The number of hydrogen-bond acceptors (Lipinski definition) is 5. The highest BCUT2D eigenvalue weighted by Crippen LogP contribution is 2.22. The fourth-order valence-electron chi connectivity index (χ4n) is 2.43. The zero-order valence-corrected chi connectivity index (χ0v) is 11.9. The number of ether oxygens (including phenoxy) is 1. The number of esters is 1. The van der Waals surface area contributed by atoms with Gasteiger partial charge in [0.1, 0.15) is 6.04 Å². The first-order valence-corrected chi connectivity index (χ1v) is 7.13. The number of benzene rings is 1. The molecule has 2 heterocycles. The number of ketones is 1. The van der Waals surface area contributed by atoms with Gasteiger partial charge in [-0.2, -0.15) is 0 Å². The maximum atomic E-state index is 12.0. The topological polar surface area (TPSA) is 83.2 Å². The summed E-state index contributed by atoms with van der Waals surface area (Å²) in [4.78, 5) is 26.6. The molecular weight excluding hydrogens is 282 g/mol. The molecule has 2 unspecified atom stereocenters. The second-order valence-electron chi connectivity index (χ2n) is 5.15. The molecule has 0 saturated carbocycles. The molecule has 22 heavy (non-hydrogen) atoms. The fraction of sp³-hybridized carbons (Fsp3) is 0.250. The number of hydrazine groups is 1. The van der Waals surface area contributed by atoms with E-state index >= 15 is 0 Å². The van der Waals surface area contributed by atoms with E-state index in [-0.39, 0.29) is 18.4 Å². The molecule has 0 spiro atoms. The lowest BCUT2D eigenvalue weighted by Crippen LogP contribution is -2.38. The van der Waals surface area contributed by atoms with Crippen molar-refractivity contribution in [2.45, 2.75) is 18.5 Å². The van der Waals surface area contributed by atoms with E-state index in [0.717, 1.165) is 5.56 Å². The number of carbonyl (C=O) groups excluding carboxylic acids is 2. The molecule has 1 fully saturated rings. The summed E-state index contributed by atoms with van der Waals surface area (Å²) in [6, 6.07) is 12.8. The SMILES string of the molecule is O=C(COC(=O)C1CC(c2ccccc2)NN1)c1ccc[nH]1. The fourth-order valence-corrected chi connectivity index (χ4v) is 2.43. The van der Waals surface area contributed by atoms with Crippen LogP contribution in [0.1, 0.15) is 28.5 Å². The predicted octanol–water partition coefficient (Wildman–Crippen LogP) is 1.35. The van der Waals surface area contributed by atoms with Gasteiger partial charge in [-0.05, 0) is 24.1 Å². The van der Waals surface area contributed by atoms with Gasteiger partial charge in [0.2, 0.25) is 5.78 Å². The number of rotatable bonds is 5. The second-order valence-corrected chi connectivity index (χ2v) is 5.15. The minimum Gasteiger partial charge on any atom is -0.456 e. The number of nitrogens with one attached hydrogen (secondary N) is 3. The molecule has 114 valence electrons. The first-order valence-electron chi connectivity index (χ1n) is 7.13. The third kappa shape index (κ3) is 3.24. The predicted molar refractivity (Wildman–Crippen MR) is 79.9 cm³/mol. The van der Waals surface area contributed by atoms with Gasteiger partial charge in [-0.1, -0.05) is 30.3 Å². The van der Waals surface area contributed by atoms with Crippen LogP contribution in [-0.4, -0.2) is 29.4 Å². The third-order valence-corrected chi connectivity index (χ3v) is 3.63. The minimum absolute atomic E-state index is 0.0536. The molecule has 3 rings (SSSR count). The van der Waals surface area contributed by atoms with Gasteiger partial charge >= 0.3 is 5.97 Å². The van der Waals surface area contributed by atoms with Gasteiger partial charge in [0.05, 0.1) is 5.69 Å². The van der Waals surface area contributed by atoms with Gasteiger partial charge in [-0.15, -0.1) is 0 Å². The summed E-state index contributed by atoms with van der Waals surface area (Å²) < 4.78 is 5.08. The van der Waals surface area contributed by atoms with Crippen molar-refractivity contribution in [3.8, 4) is 0 Å². The van der Waals surface area contributed by atoms with E-state index in [9.17, 15) is 9.59 Å². The van der Waals surface area contributed by atoms with Gasteiger partial charge in [-0.3, -0.25) is 9.59 Å². The molecule has 0 bridgehead atoms. The van der Waals surface area contributed by atoms with Gasteiger partial charge < -0.3 is 9.72 Å². The van der Waals surface area contributed by atoms with Gasteiger partial charge in [0.25, 0.3) is 0 Å². The largest absolute Gasteiger partial charge is 0.456 e. The number of carbonyl (C=O) groups is 2. The molecule has 1 aliphatic heterocycles. The lowest BCUT2D eigenvalue weighted by Gasteiger charge is -2.09. The lowest BCUT2D eigenvalue weighted by molar-refractivity contribution is -0.144. The van der Waals surface area contributed by atoms with Crippen molar-refractivity contribution in [1.82, 2.24) is 15.8 Å².